The van der Waals surface area contributed by atoms with Gasteiger partial charge < -0.3 is 5.32 Å². The van der Waals surface area contributed by atoms with Gasteiger partial charge in [-0.1, -0.05) is 29.5 Å². The maximum absolute atomic E-state index is 4.41. The molecule has 1 N–H and O–H groups in total. The number of hydrogen-bond donors (Lipinski definition) is 1. The summed E-state index contributed by atoms with van der Waals surface area (Å²) in [5.74, 6) is 0. The Kier molecular flexibility index (Phi) is 2.45. The van der Waals surface area contributed by atoms with Crippen LogP contribution in [0.25, 0.3) is 21.5 Å². The van der Waals surface area contributed by atoms with E-state index in [1.165, 1.54) is 11.3 Å². The summed E-state index contributed by atoms with van der Waals surface area (Å²) in [4.78, 5) is 4.41. The highest BCUT2D eigenvalue weighted by molar-refractivity contribution is 7.18. The van der Waals surface area contributed by atoms with Crippen molar-refractivity contribution in [2.24, 2.45) is 0 Å². The number of aromatic nitrogens is 3. The second-order valence-corrected chi connectivity index (χ2v) is 4.52. The van der Waals surface area contributed by atoms with Crippen LogP contribution in [0, 0.1) is 0 Å². The highest BCUT2D eigenvalue weighted by Crippen LogP contribution is 2.30. The summed E-state index contributed by atoms with van der Waals surface area (Å²) in [5, 5.41) is 14.0. The van der Waals surface area contributed by atoms with E-state index in [0.717, 1.165) is 26.6 Å². The fourth-order valence-electron chi connectivity index (χ4n) is 1.71. The Bertz CT molecular complexity index is 657. The van der Waals surface area contributed by atoms with Gasteiger partial charge in [-0.2, -0.15) is 0 Å². The highest BCUT2D eigenvalue weighted by Gasteiger charge is 2.09. The minimum absolute atomic E-state index is 0.813. The number of hydrogen-bond acceptors (Lipinski definition) is 5. The van der Waals surface area contributed by atoms with Crippen molar-refractivity contribution in [1.82, 2.24) is 15.2 Å². The van der Waals surface area contributed by atoms with E-state index in [4.69, 9.17) is 0 Å². The molecule has 84 valence electrons. The lowest BCUT2D eigenvalue weighted by molar-refractivity contribution is 1.09. The van der Waals surface area contributed by atoms with Crippen LogP contribution in [-0.4, -0.2) is 22.2 Å². The van der Waals surface area contributed by atoms with E-state index in [-0.39, 0.29) is 0 Å². The molecule has 0 fully saturated rings. The number of nitrogens with zero attached hydrogens (tertiary/aromatic N) is 3. The van der Waals surface area contributed by atoms with Gasteiger partial charge in [0.1, 0.15) is 0 Å². The number of benzene rings is 1. The number of fused-ring (bicyclic) bond motifs is 1. The molecule has 0 radical (unpaired) electrons. The first-order chi connectivity index (χ1) is 8.38. The molecule has 17 heavy (non-hydrogen) atoms. The summed E-state index contributed by atoms with van der Waals surface area (Å²) in [5.41, 5.74) is 2.00. The highest BCUT2D eigenvalue weighted by atomic mass is 32.1. The predicted octanol–water partition coefficient (Wildman–Crippen LogP) is 2.80. The first-order valence-corrected chi connectivity index (χ1v) is 6.05. The molecule has 0 amide bonds. The zero-order chi connectivity index (χ0) is 11.7. The van der Waals surface area contributed by atoms with Crippen molar-refractivity contribution in [2.75, 3.05) is 12.4 Å². The molecule has 2 aromatic heterocycles. The molecule has 0 aliphatic heterocycles. The van der Waals surface area contributed by atoms with Gasteiger partial charge in [-0.05, 0) is 12.1 Å². The molecule has 1 aromatic carbocycles. The van der Waals surface area contributed by atoms with Gasteiger partial charge in [0.15, 0.2) is 5.01 Å². The average molecular weight is 242 g/mol. The van der Waals surface area contributed by atoms with E-state index in [1.807, 2.05) is 37.4 Å². The Balaban J connectivity index is 2.23. The lowest BCUT2D eigenvalue weighted by Crippen LogP contribution is -1.85. The van der Waals surface area contributed by atoms with E-state index in [2.05, 4.69) is 20.5 Å². The molecule has 0 aliphatic carbocycles. The Labute approximate surface area is 102 Å². The molecular weight excluding hydrogens is 232 g/mol. The van der Waals surface area contributed by atoms with E-state index in [0.29, 0.717) is 0 Å². The third kappa shape index (κ3) is 1.74. The maximum atomic E-state index is 4.41. The van der Waals surface area contributed by atoms with E-state index in [9.17, 15) is 0 Å². The lowest BCUT2D eigenvalue weighted by Gasteiger charge is -2.00. The molecule has 2 heterocycles. The van der Waals surface area contributed by atoms with Crippen LogP contribution in [0.3, 0.4) is 0 Å². The van der Waals surface area contributed by atoms with Crippen molar-refractivity contribution >= 4 is 27.4 Å². The molecule has 5 heteroatoms. The SMILES string of the molecule is CNc1nnc(-c2cccc3cccnc23)s1. The molecule has 0 aliphatic rings. The Morgan fingerprint density at radius 3 is 2.82 bits per heavy atom. The van der Waals surface area contributed by atoms with Crippen LogP contribution in [0.4, 0.5) is 5.13 Å². The van der Waals surface area contributed by atoms with Crippen LogP contribution >= 0.6 is 11.3 Å². The predicted molar refractivity (Wildman–Crippen MR) is 70.2 cm³/mol. The molecule has 4 nitrogen and oxygen atoms in total. The fourth-order valence-corrected chi connectivity index (χ4v) is 2.43. The van der Waals surface area contributed by atoms with E-state index in [1.54, 1.807) is 6.20 Å². The molecule has 0 unspecified atom stereocenters. The minimum Gasteiger partial charge on any atom is -0.363 e. The van der Waals surface area contributed by atoms with Crippen LogP contribution in [0.2, 0.25) is 0 Å². The lowest BCUT2D eigenvalue weighted by atomic mass is 10.1. The Morgan fingerprint density at radius 1 is 1.12 bits per heavy atom. The van der Waals surface area contributed by atoms with Gasteiger partial charge in [-0.25, -0.2) is 0 Å². The van der Waals surface area contributed by atoms with Gasteiger partial charge in [0.05, 0.1) is 5.52 Å². The molecule has 0 bridgehead atoms. The molecule has 0 atom stereocenters. The summed E-state index contributed by atoms with van der Waals surface area (Å²) in [7, 11) is 1.84. The molecule has 0 spiro atoms. The van der Waals surface area contributed by atoms with Crippen LogP contribution in [0.5, 0.6) is 0 Å². The van der Waals surface area contributed by atoms with Gasteiger partial charge in [0.25, 0.3) is 0 Å². The summed E-state index contributed by atoms with van der Waals surface area (Å²) in [6.07, 6.45) is 1.80. The van der Waals surface area contributed by atoms with Crippen LogP contribution in [0.15, 0.2) is 36.5 Å². The van der Waals surface area contributed by atoms with Gasteiger partial charge in [-0.15, -0.1) is 10.2 Å². The minimum atomic E-state index is 0.813. The van der Waals surface area contributed by atoms with Crippen molar-refractivity contribution < 1.29 is 0 Å². The zero-order valence-electron chi connectivity index (χ0n) is 9.21. The maximum Gasteiger partial charge on any atom is 0.205 e. The van der Waals surface area contributed by atoms with Crippen LogP contribution in [-0.2, 0) is 0 Å². The number of pyridine rings is 1. The Morgan fingerprint density at radius 2 is 2.00 bits per heavy atom. The standard InChI is InChI=1S/C12H10N4S/c1-13-12-16-15-11(17-12)9-6-2-4-8-5-3-7-14-10(8)9/h2-7H,1H3,(H,13,16). The molecule has 0 saturated heterocycles. The molecule has 3 aromatic rings. The van der Waals surface area contributed by atoms with Crippen molar-refractivity contribution in [3.05, 3.63) is 36.5 Å². The number of para-hydroxylation sites is 1. The second kappa shape index (κ2) is 4.10. The zero-order valence-corrected chi connectivity index (χ0v) is 10.0. The van der Waals surface area contributed by atoms with Crippen molar-refractivity contribution in [3.63, 3.8) is 0 Å². The fraction of sp³-hybridized carbons (Fsp3) is 0.0833. The third-order valence-electron chi connectivity index (χ3n) is 2.50. The molecular formula is C12H10N4S. The van der Waals surface area contributed by atoms with Gasteiger partial charge in [-0.3, -0.25) is 4.98 Å². The first-order valence-electron chi connectivity index (χ1n) is 5.24. The quantitative estimate of drug-likeness (QED) is 0.750. The normalized spacial score (nSPS) is 10.6. The van der Waals surface area contributed by atoms with Gasteiger partial charge in [0.2, 0.25) is 5.13 Å². The van der Waals surface area contributed by atoms with Gasteiger partial charge >= 0.3 is 0 Å². The molecule has 0 saturated carbocycles. The third-order valence-corrected chi connectivity index (χ3v) is 3.48. The average Bonchev–Trinajstić information content (AvgIpc) is 2.87. The summed E-state index contributed by atoms with van der Waals surface area (Å²) >= 11 is 1.53. The van der Waals surface area contributed by atoms with E-state index < -0.39 is 0 Å². The van der Waals surface area contributed by atoms with Crippen LogP contribution < -0.4 is 5.32 Å². The number of nitrogens with one attached hydrogen (secondary N) is 1. The van der Waals surface area contributed by atoms with Crippen molar-refractivity contribution in [2.45, 2.75) is 0 Å². The monoisotopic (exact) mass is 242 g/mol. The van der Waals surface area contributed by atoms with Crippen molar-refractivity contribution in [1.29, 1.82) is 0 Å². The first kappa shape index (κ1) is 10.2. The summed E-state index contributed by atoms with van der Waals surface area (Å²) < 4.78 is 0. The second-order valence-electron chi connectivity index (χ2n) is 3.54. The largest absolute Gasteiger partial charge is 0.363 e. The molecule has 3 rings (SSSR count). The van der Waals surface area contributed by atoms with Crippen LogP contribution in [0.1, 0.15) is 0 Å². The number of rotatable bonds is 2. The van der Waals surface area contributed by atoms with Gasteiger partial charge in [0, 0.05) is 24.2 Å². The summed E-state index contributed by atoms with van der Waals surface area (Å²) in [6, 6.07) is 10.1. The summed E-state index contributed by atoms with van der Waals surface area (Å²) in [6.45, 7) is 0. The number of anilines is 1. The van der Waals surface area contributed by atoms with Crippen molar-refractivity contribution in [3.8, 4) is 10.6 Å². The van der Waals surface area contributed by atoms with E-state index >= 15 is 0 Å². The smallest absolute Gasteiger partial charge is 0.205 e. The topological polar surface area (TPSA) is 50.7 Å². The Hall–Kier alpha value is -2.01.